The number of anilines is 2. The molecule has 1 saturated heterocycles. The first-order chi connectivity index (χ1) is 14.8. The van der Waals surface area contributed by atoms with Crippen LogP contribution in [0, 0.1) is 0 Å². The van der Waals surface area contributed by atoms with Crippen molar-refractivity contribution in [3.05, 3.63) is 54.6 Å². The van der Waals surface area contributed by atoms with Gasteiger partial charge in [0.2, 0.25) is 5.91 Å². The molecular weight excluding hydrogens is 416 g/mol. The second-order valence-electron chi connectivity index (χ2n) is 7.67. The zero-order chi connectivity index (χ0) is 22.3. The van der Waals surface area contributed by atoms with Crippen molar-refractivity contribution in [1.82, 2.24) is 10.2 Å². The molecule has 166 valence electrons. The lowest BCUT2D eigenvalue weighted by molar-refractivity contribution is -0.118. The van der Waals surface area contributed by atoms with Crippen molar-refractivity contribution in [3.8, 4) is 0 Å². The van der Waals surface area contributed by atoms with Gasteiger partial charge in [0, 0.05) is 30.2 Å². The number of nitrogens with zero attached hydrogens (tertiary/aromatic N) is 1. The van der Waals surface area contributed by atoms with E-state index in [4.69, 9.17) is 0 Å². The van der Waals surface area contributed by atoms with Crippen LogP contribution < -0.4 is 16.0 Å². The average molecular weight is 445 g/mol. The maximum absolute atomic E-state index is 12.6. The summed E-state index contributed by atoms with van der Waals surface area (Å²) in [4.78, 5) is 27.0. The number of amides is 3. The largest absolute Gasteiger partial charge is 0.336 e. The van der Waals surface area contributed by atoms with Gasteiger partial charge in [-0.05, 0) is 49.7 Å². The minimum absolute atomic E-state index is 0.0587. The van der Waals surface area contributed by atoms with Crippen molar-refractivity contribution < 1.29 is 18.0 Å². The van der Waals surface area contributed by atoms with Gasteiger partial charge in [-0.3, -0.25) is 9.69 Å². The number of para-hydroxylation sites is 1. The Labute approximate surface area is 182 Å². The van der Waals surface area contributed by atoms with E-state index in [1.165, 1.54) is 12.1 Å². The molecule has 0 spiro atoms. The number of hydrogen-bond donors (Lipinski definition) is 3. The molecule has 0 bridgehead atoms. The molecule has 0 saturated carbocycles. The number of carbonyl (C=O) groups is 2. The van der Waals surface area contributed by atoms with Crippen molar-refractivity contribution in [3.63, 3.8) is 0 Å². The predicted octanol–water partition coefficient (Wildman–Crippen LogP) is 2.70. The highest BCUT2D eigenvalue weighted by atomic mass is 32.2. The number of rotatable bonds is 7. The molecule has 2 aromatic rings. The molecule has 0 unspecified atom stereocenters. The Morgan fingerprint density at radius 3 is 2.48 bits per heavy atom. The number of piperidine rings is 1. The fourth-order valence-corrected chi connectivity index (χ4v) is 4.26. The predicted molar refractivity (Wildman–Crippen MR) is 121 cm³/mol. The van der Waals surface area contributed by atoms with Gasteiger partial charge >= 0.3 is 6.03 Å². The fraction of sp³-hybridized carbons (Fsp3) is 0.364. The highest BCUT2D eigenvalue weighted by Gasteiger charge is 2.25. The fourth-order valence-electron chi connectivity index (χ4n) is 3.60. The van der Waals surface area contributed by atoms with Gasteiger partial charge < -0.3 is 16.0 Å². The van der Waals surface area contributed by atoms with Crippen LogP contribution in [0.5, 0.6) is 0 Å². The maximum Gasteiger partial charge on any atom is 0.319 e. The van der Waals surface area contributed by atoms with Crippen LogP contribution in [0.25, 0.3) is 0 Å². The molecule has 2 aromatic carbocycles. The van der Waals surface area contributed by atoms with Crippen molar-refractivity contribution in [1.29, 1.82) is 0 Å². The van der Waals surface area contributed by atoms with Gasteiger partial charge in [0.25, 0.3) is 0 Å². The van der Waals surface area contributed by atoms with Gasteiger partial charge in [0.15, 0.2) is 9.84 Å². The number of carbonyl (C=O) groups excluding carboxylic acids is 2. The molecule has 0 aliphatic carbocycles. The summed E-state index contributed by atoms with van der Waals surface area (Å²) in [5, 5.41) is 8.45. The molecule has 3 N–H and O–H groups in total. The molecule has 8 nitrogen and oxygen atoms in total. The van der Waals surface area contributed by atoms with Crippen LogP contribution in [0.1, 0.15) is 19.3 Å². The number of sulfone groups is 1. The van der Waals surface area contributed by atoms with E-state index in [-0.39, 0.29) is 29.4 Å². The number of urea groups is 1. The lowest BCUT2D eigenvalue weighted by atomic mass is 10.0. The molecule has 3 rings (SSSR count). The smallest absolute Gasteiger partial charge is 0.319 e. The second-order valence-corrected chi connectivity index (χ2v) is 9.69. The van der Waals surface area contributed by atoms with Crippen LogP contribution in [-0.2, 0) is 14.6 Å². The number of hydrogen-bond acceptors (Lipinski definition) is 5. The quantitative estimate of drug-likeness (QED) is 0.609. The zero-order valence-corrected chi connectivity index (χ0v) is 18.3. The molecule has 1 heterocycles. The lowest BCUT2D eigenvalue weighted by Crippen LogP contribution is -2.49. The third kappa shape index (κ3) is 7.08. The third-order valence-corrected chi connectivity index (χ3v) is 6.28. The van der Waals surface area contributed by atoms with Gasteiger partial charge in [-0.1, -0.05) is 30.7 Å². The highest BCUT2D eigenvalue weighted by molar-refractivity contribution is 7.90. The molecule has 9 heteroatoms. The first-order valence-corrected chi connectivity index (χ1v) is 12.1. The summed E-state index contributed by atoms with van der Waals surface area (Å²) in [7, 11) is -3.34. The van der Waals surface area contributed by atoms with E-state index in [9.17, 15) is 18.0 Å². The molecule has 1 fully saturated rings. The molecule has 0 aromatic heterocycles. The van der Waals surface area contributed by atoms with Crippen LogP contribution >= 0.6 is 0 Å². The number of likely N-dealkylation sites (tertiary alicyclic amines) is 1. The highest BCUT2D eigenvalue weighted by Crippen LogP contribution is 2.18. The summed E-state index contributed by atoms with van der Waals surface area (Å²) in [6, 6.07) is 15.2. The Morgan fingerprint density at radius 1 is 1.00 bits per heavy atom. The molecule has 3 amide bonds. The van der Waals surface area contributed by atoms with Crippen LogP contribution in [0.4, 0.5) is 16.2 Å². The van der Waals surface area contributed by atoms with E-state index in [1.807, 2.05) is 30.3 Å². The van der Waals surface area contributed by atoms with Crippen LogP contribution in [0.3, 0.4) is 0 Å². The van der Waals surface area contributed by atoms with Gasteiger partial charge in [-0.15, -0.1) is 0 Å². The minimum atomic E-state index is -3.34. The van der Waals surface area contributed by atoms with Crippen molar-refractivity contribution in [2.75, 3.05) is 36.5 Å². The maximum atomic E-state index is 12.6. The summed E-state index contributed by atoms with van der Waals surface area (Å²) < 4.78 is 23.4. The standard InChI is InChI=1S/C22H28N4O4S/c1-31(29,30)20-12-7-10-18(14-20)24-21(27)16-26-13-6-5-11-19(26)15-23-22(28)25-17-8-3-2-4-9-17/h2-4,7-10,12,14,19H,5-6,11,13,15-16H2,1H3,(H,24,27)(H2,23,25,28)/t19-/m1/s1. The molecule has 1 aliphatic rings. The first kappa shape index (κ1) is 22.8. The summed E-state index contributed by atoms with van der Waals surface area (Å²) in [5.41, 5.74) is 1.16. The Morgan fingerprint density at radius 2 is 1.74 bits per heavy atom. The van der Waals surface area contributed by atoms with E-state index in [0.717, 1.165) is 37.8 Å². The van der Waals surface area contributed by atoms with Crippen molar-refractivity contribution in [2.24, 2.45) is 0 Å². The van der Waals surface area contributed by atoms with E-state index < -0.39 is 9.84 Å². The van der Waals surface area contributed by atoms with E-state index in [2.05, 4.69) is 20.9 Å². The Balaban J connectivity index is 1.53. The van der Waals surface area contributed by atoms with Gasteiger partial charge in [-0.25, -0.2) is 13.2 Å². The van der Waals surface area contributed by atoms with Crippen LogP contribution in [-0.4, -0.2) is 57.2 Å². The summed E-state index contributed by atoms with van der Waals surface area (Å²) >= 11 is 0. The van der Waals surface area contributed by atoms with E-state index >= 15 is 0 Å². The van der Waals surface area contributed by atoms with Gasteiger partial charge in [0.1, 0.15) is 0 Å². The number of nitrogens with one attached hydrogen (secondary N) is 3. The third-order valence-electron chi connectivity index (χ3n) is 5.17. The zero-order valence-electron chi connectivity index (χ0n) is 17.5. The Kier molecular flexibility index (Phi) is 7.64. The summed E-state index contributed by atoms with van der Waals surface area (Å²) in [6.45, 7) is 1.38. The summed E-state index contributed by atoms with van der Waals surface area (Å²) in [5.74, 6) is -0.216. The molecule has 1 aliphatic heterocycles. The SMILES string of the molecule is CS(=O)(=O)c1cccc(NC(=O)CN2CCCC[C@@H]2CNC(=O)Nc2ccccc2)c1. The average Bonchev–Trinajstić information content (AvgIpc) is 2.73. The normalized spacial score (nSPS) is 17.0. The molecule has 1 atom stereocenters. The van der Waals surface area contributed by atoms with Crippen LogP contribution in [0.15, 0.2) is 59.5 Å². The van der Waals surface area contributed by atoms with Crippen molar-refractivity contribution >= 4 is 33.2 Å². The Hall–Kier alpha value is -2.91. The second kappa shape index (κ2) is 10.4. The number of benzene rings is 2. The molecular formula is C22H28N4O4S. The summed E-state index contributed by atoms with van der Waals surface area (Å²) in [6.07, 6.45) is 4.06. The van der Waals surface area contributed by atoms with Gasteiger partial charge in [-0.2, -0.15) is 0 Å². The first-order valence-electron chi connectivity index (χ1n) is 10.3. The monoisotopic (exact) mass is 444 g/mol. The topological polar surface area (TPSA) is 108 Å². The lowest BCUT2D eigenvalue weighted by Gasteiger charge is -2.35. The molecule has 31 heavy (non-hydrogen) atoms. The molecule has 0 radical (unpaired) electrons. The van der Waals surface area contributed by atoms with Crippen LogP contribution in [0.2, 0.25) is 0 Å². The van der Waals surface area contributed by atoms with Crippen molar-refractivity contribution in [2.45, 2.75) is 30.2 Å². The van der Waals surface area contributed by atoms with E-state index in [0.29, 0.717) is 12.2 Å². The minimum Gasteiger partial charge on any atom is -0.336 e. The van der Waals surface area contributed by atoms with E-state index in [1.54, 1.807) is 12.1 Å². The Bertz CT molecular complexity index is 1010. The van der Waals surface area contributed by atoms with Gasteiger partial charge in [0.05, 0.1) is 11.4 Å².